The topological polar surface area (TPSA) is 20.2 Å². The van der Waals surface area contributed by atoms with Crippen molar-refractivity contribution >= 4 is 0 Å². The fourth-order valence-electron chi connectivity index (χ4n) is 4.66. The Morgan fingerprint density at radius 2 is 1.22 bits per heavy atom. The van der Waals surface area contributed by atoms with Crippen molar-refractivity contribution in [1.82, 2.24) is 0 Å². The van der Waals surface area contributed by atoms with E-state index in [2.05, 4.69) is 49.4 Å². The number of aryl methyl sites for hydroxylation is 3. The van der Waals surface area contributed by atoms with Crippen LogP contribution >= 0.6 is 0 Å². The summed E-state index contributed by atoms with van der Waals surface area (Å²) in [6.45, 7) is 2.41. The van der Waals surface area contributed by atoms with Crippen molar-refractivity contribution in [3.05, 3.63) is 70.8 Å². The molecule has 146 valence electrons. The highest BCUT2D eigenvalue weighted by Gasteiger charge is 2.21. The number of benzene rings is 2. The van der Waals surface area contributed by atoms with Crippen molar-refractivity contribution in [3.63, 3.8) is 0 Å². The van der Waals surface area contributed by atoms with Crippen LogP contribution in [0.2, 0.25) is 0 Å². The first-order valence-corrected chi connectivity index (χ1v) is 11.0. The molecule has 0 aliphatic heterocycles. The van der Waals surface area contributed by atoms with Gasteiger partial charge in [-0.25, -0.2) is 0 Å². The Kier molecular flexibility index (Phi) is 7.95. The summed E-state index contributed by atoms with van der Waals surface area (Å²) in [5.41, 5.74) is 5.44. The maximum absolute atomic E-state index is 9.48. The van der Waals surface area contributed by atoms with Gasteiger partial charge in [0.15, 0.2) is 0 Å². The predicted molar refractivity (Wildman–Crippen MR) is 115 cm³/mol. The highest BCUT2D eigenvalue weighted by molar-refractivity contribution is 5.26. The van der Waals surface area contributed by atoms with Gasteiger partial charge < -0.3 is 5.11 Å². The van der Waals surface area contributed by atoms with Crippen LogP contribution in [0.15, 0.2) is 48.5 Å². The summed E-state index contributed by atoms with van der Waals surface area (Å²) >= 11 is 0. The Morgan fingerprint density at radius 3 is 1.78 bits per heavy atom. The fourth-order valence-corrected chi connectivity index (χ4v) is 4.66. The van der Waals surface area contributed by atoms with Gasteiger partial charge in [0.2, 0.25) is 0 Å². The lowest BCUT2D eigenvalue weighted by molar-refractivity contribution is 0.252. The van der Waals surface area contributed by atoms with Crippen LogP contribution < -0.4 is 0 Å². The SMILES string of the molecule is CCCc1ccc(CCC2CCC(CCc3ccccc3CO)CC2)cc1. The third-order valence-corrected chi connectivity index (χ3v) is 6.48. The highest BCUT2D eigenvalue weighted by atomic mass is 16.3. The van der Waals surface area contributed by atoms with Crippen LogP contribution in [0.1, 0.15) is 74.1 Å². The standard InChI is InChI=1S/C26H36O/c1-2-5-21-8-10-22(11-9-21)12-13-23-14-16-24(17-15-23)18-19-25-6-3-4-7-26(25)20-27/h3-4,6-11,23-24,27H,2,5,12-20H2,1H3. The van der Waals surface area contributed by atoms with Gasteiger partial charge in [-0.2, -0.15) is 0 Å². The quantitative estimate of drug-likeness (QED) is 0.538. The number of aliphatic hydroxyl groups excluding tert-OH is 1. The summed E-state index contributed by atoms with van der Waals surface area (Å²) < 4.78 is 0. The van der Waals surface area contributed by atoms with E-state index in [1.807, 2.05) is 6.07 Å². The molecule has 1 aliphatic carbocycles. The molecule has 3 rings (SSSR count). The van der Waals surface area contributed by atoms with Crippen molar-refractivity contribution in [1.29, 1.82) is 0 Å². The first kappa shape index (κ1) is 20.1. The van der Waals surface area contributed by atoms with E-state index in [9.17, 15) is 5.11 Å². The van der Waals surface area contributed by atoms with E-state index in [1.165, 1.54) is 74.5 Å². The molecule has 0 amide bonds. The van der Waals surface area contributed by atoms with Gasteiger partial charge in [0.25, 0.3) is 0 Å². The summed E-state index contributed by atoms with van der Waals surface area (Å²) in [5, 5.41) is 9.48. The van der Waals surface area contributed by atoms with E-state index in [4.69, 9.17) is 0 Å². The number of aliphatic hydroxyl groups is 1. The summed E-state index contributed by atoms with van der Waals surface area (Å²) in [5.74, 6) is 1.79. The largest absolute Gasteiger partial charge is 0.392 e. The van der Waals surface area contributed by atoms with E-state index in [-0.39, 0.29) is 6.61 Å². The molecule has 0 spiro atoms. The van der Waals surface area contributed by atoms with Crippen LogP contribution in [-0.4, -0.2) is 5.11 Å². The Balaban J connectivity index is 1.37. The Labute approximate surface area is 165 Å². The lowest BCUT2D eigenvalue weighted by atomic mass is 9.77. The average Bonchev–Trinajstić information content (AvgIpc) is 2.73. The fraction of sp³-hybridized carbons (Fsp3) is 0.538. The van der Waals surface area contributed by atoms with Gasteiger partial charge in [-0.3, -0.25) is 0 Å². The van der Waals surface area contributed by atoms with E-state index >= 15 is 0 Å². The minimum absolute atomic E-state index is 0.169. The zero-order valence-corrected chi connectivity index (χ0v) is 17.0. The van der Waals surface area contributed by atoms with Crippen LogP contribution in [0.3, 0.4) is 0 Å². The molecule has 1 saturated carbocycles. The summed E-state index contributed by atoms with van der Waals surface area (Å²) in [4.78, 5) is 0. The van der Waals surface area contributed by atoms with Crippen molar-refractivity contribution in [3.8, 4) is 0 Å². The minimum Gasteiger partial charge on any atom is -0.392 e. The van der Waals surface area contributed by atoms with Gasteiger partial charge in [-0.15, -0.1) is 0 Å². The Hall–Kier alpha value is -1.60. The first-order valence-electron chi connectivity index (χ1n) is 11.0. The molecular weight excluding hydrogens is 328 g/mol. The third-order valence-electron chi connectivity index (χ3n) is 6.48. The lowest BCUT2D eigenvalue weighted by Gasteiger charge is -2.28. The molecule has 1 aliphatic rings. The molecule has 27 heavy (non-hydrogen) atoms. The van der Waals surface area contributed by atoms with Gasteiger partial charge >= 0.3 is 0 Å². The van der Waals surface area contributed by atoms with Gasteiger partial charge in [0.1, 0.15) is 0 Å². The molecule has 0 atom stereocenters. The number of hydrogen-bond acceptors (Lipinski definition) is 1. The molecule has 0 unspecified atom stereocenters. The second-order valence-corrected chi connectivity index (χ2v) is 8.46. The molecule has 1 N–H and O–H groups in total. The van der Waals surface area contributed by atoms with Gasteiger partial charge in [-0.05, 0) is 66.2 Å². The van der Waals surface area contributed by atoms with E-state index in [0.29, 0.717) is 0 Å². The summed E-state index contributed by atoms with van der Waals surface area (Å²) in [7, 11) is 0. The molecule has 0 bridgehead atoms. The molecule has 2 aromatic rings. The van der Waals surface area contributed by atoms with E-state index in [0.717, 1.165) is 23.8 Å². The number of rotatable bonds is 9. The van der Waals surface area contributed by atoms with Crippen molar-refractivity contribution in [2.75, 3.05) is 0 Å². The van der Waals surface area contributed by atoms with Crippen molar-refractivity contribution < 1.29 is 5.11 Å². The van der Waals surface area contributed by atoms with Crippen LogP contribution in [0, 0.1) is 11.8 Å². The van der Waals surface area contributed by atoms with Crippen LogP contribution in [-0.2, 0) is 25.9 Å². The maximum Gasteiger partial charge on any atom is 0.0684 e. The molecule has 0 radical (unpaired) electrons. The zero-order chi connectivity index (χ0) is 18.9. The predicted octanol–water partition coefficient (Wildman–Crippen LogP) is 6.50. The smallest absolute Gasteiger partial charge is 0.0684 e. The van der Waals surface area contributed by atoms with Gasteiger partial charge in [-0.1, -0.05) is 87.6 Å². The molecule has 1 heteroatoms. The van der Waals surface area contributed by atoms with Crippen LogP contribution in [0.4, 0.5) is 0 Å². The second kappa shape index (κ2) is 10.7. The molecular formula is C26H36O. The summed E-state index contributed by atoms with van der Waals surface area (Å²) in [6.07, 6.45) is 13.0. The van der Waals surface area contributed by atoms with Crippen molar-refractivity contribution in [2.45, 2.75) is 77.7 Å². The molecule has 0 saturated heterocycles. The normalized spacial score (nSPS) is 19.9. The van der Waals surface area contributed by atoms with E-state index < -0.39 is 0 Å². The molecule has 1 fully saturated rings. The third kappa shape index (κ3) is 6.21. The van der Waals surface area contributed by atoms with Gasteiger partial charge in [0, 0.05) is 0 Å². The Bertz CT molecular complexity index is 665. The van der Waals surface area contributed by atoms with Crippen LogP contribution in [0.25, 0.3) is 0 Å². The Morgan fingerprint density at radius 1 is 0.704 bits per heavy atom. The molecule has 0 aromatic heterocycles. The molecule has 0 heterocycles. The first-order chi connectivity index (χ1) is 13.3. The van der Waals surface area contributed by atoms with Gasteiger partial charge in [0.05, 0.1) is 6.61 Å². The maximum atomic E-state index is 9.48. The molecule has 2 aromatic carbocycles. The minimum atomic E-state index is 0.169. The zero-order valence-electron chi connectivity index (χ0n) is 17.0. The monoisotopic (exact) mass is 364 g/mol. The second-order valence-electron chi connectivity index (χ2n) is 8.46. The van der Waals surface area contributed by atoms with E-state index in [1.54, 1.807) is 0 Å². The lowest BCUT2D eigenvalue weighted by Crippen LogP contribution is -2.16. The highest BCUT2D eigenvalue weighted by Crippen LogP contribution is 2.34. The number of hydrogen-bond donors (Lipinski definition) is 1. The average molecular weight is 365 g/mol. The van der Waals surface area contributed by atoms with Crippen molar-refractivity contribution in [2.24, 2.45) is 11.8 Å². The molecule has 1 nitrogen and oxygen atoms in total. The van der Waals surface area contributed by atoms with Crippen LogP contribution in [0.5, 0.6) is 0 Å². The summed E-state index contributed by atoms with van der Waals surface area (Å²) in [6, 6.07) is 17.7.